The molecular formula is C17H22N4O2S. The minimum atomic E-state index is -0.389. The van der Waals surface area contributed by atoms with Gasteiger partial charge in [-0.1, -0.05) is 0 Å². The summed E-state index contributed by atoms with van der Waals surface area (Å²) in [6.07, 6.45) is 4.65. The van der Waals surface area contributed by atoms with Gasteiger partial charge in [-0.05, 0) is 45.2 Å². The van der Waals surface area contributed by atoms with E-state index in [-0.39, 0.29) is 10.6 Å². The lowest BCUT2D eigenvalue weighted by molar-refractivity contribution is -0.385. The van der Waals surface area contributed by atoms with E-state index in [9.17, 15) is 15.4 Å². The fourth-order valence-electron chi connectivity index (χ4n) is 3.88. The second-order valence-corrected chi connectivity index (χ2v) is 7.57. The molecule has 2 aliphatic rings. The zero-order valence-corrected chi connectivity index (χ0v) is 14.9. The van der Waals surface area contributed by atoms with E-state index < -0.39 is 0 Å². The third kappa shape index (κ3) is 3.08. The molecule has 24 heavy (non-hydrogen) atoms. The van der Waals surface area contributed by atoms with Crippen molar-refractivity contribution in [2.24, 2.45) is 0 Å². The van der Waals surface area contributed by atoms with E-state index >= 15 is 0 Å². The molecule has 6 nitrogen and oxygen atoms in total. The zero-order chi connectivity index (χ0) is 17.3. The first kappa shape index (κ1) is 17.1. The van der Waals surface area contributed by atoms with Gasteiger partial charge < -0.3 is 4.90 Å². The third-order valence-corrected chi connectivity index (χ3v) is 6.24. The van der Waals surface area contributed by atoms with E-state index in [0.717, 1.165) is 31.9 Å². The van der Waals surface area contributed by atoms with Gasteiger partial charge in [0, 0.05) is 36.1 Å². The Morgan fingerprint density at radius 2 is 2.04 bits per heavy atom. The van der Waals surface area contributed by atoms with Crippen LogP contribution < -0.4 is 4.90 Å². The minimum absolute atomic E-state index is 0.0365. The molecule has 0 spiro atoms. The lowest BCUT2D eigenvalue weighted by Crippen LogP contribution is -2.40. The molecular weight excluding hydrogens is 324 g/mol. The largest absolute Gasteiger partial charge is 0.368 e. The highest BCUT2D eigenvalue weighted by Crippen LogP contribution is 2.36. The standard InChI is InChI=1S/C17H22N4O2S/c1-12-14(7-13(9-18)8-15(12)21(22)23)20-10-16(17(11-20)24-2)19-5-3-4-6-19/h7-8,16-17H,3-6,10-11H2,1-2H3. The lowest BCUT2D eigenvalue weighted by Gasteiger charge is -2.27. The van der Waals surface area contributed by atoms with Crippen LogP contribution in [-0.2, 0) is 0 Å². The molecule has 3 rings (SSSR count). The molecule has 0 radical (unpaired) electrons. The minimum Gasteiger partial charge on any atom is -0.368 e. The number of likely N-dealkylation sites (tertiary alicyclic amines) is 1. The Morgan fingerprint density at radius 1 is 1.33 bits per heavy atom. The molecule has 0 aromatic heterocycles. The highest BCUT2D eigenvalue weighted by molar-refractivity contribution is 7.99. The average Bonchev–Trinajstić information content (AvgIpc) is 3.23. The first-order valence-electron chi connectivity index (χ1n) is 8.26. The van der Waals surface area contributed by atoms with Crippen LogP contribution in [0.25, 0.3) is 0 Å². The van der Waals surface area contributed by atoms with Gasteiger partial charge >= 0.3 is 0 Å². The zero-order valence-electron chi connectivity index (χ0n) is 14.1. The second-order valence-electron chi connectivity index (χ2n) is 6.50. The SMILES string of the molecule is CSC1CN(c2cc(C#N)cc([N+](=O)[O-])c2C)CC1N1CCCC1. The van der Waals surface area contributed by atoms with Crippen LogP contribution in [0.2, 0.25) is 0 Å². The summed E-state index contributed by atoms with van der Waals surface area (Å²) in [5.74, 6) is 0. The van der Waals surface area contributed by atoms with Crippen LogP contribution in [-0.4, -0.2) is 53.5 Å². The van der Waals surface area contributed by atoms with Gasteiger partial charge in [0.1, 0.15) is 0 Å². The number of nitro groups is 1. The van der Waals surface area contributed by atoms with Crippen molar-refractivity contribution in [3.63, 3.8) is 0 Å². The smallest absolute Gasteiger partial charge is 0.275 e. The number of nitrogens with zero attached hydrogens (tertiary/aromatic N) is 4. The van der Waals surface area contributed by atoms with Gasteiger partial charge in [0.05, 0.1) is 22.1 Å². The molecule has 2 atom stereocenters. The molecule has 2 unspecified atom stereocenters. The van der Waals surface area contributed by atoms with E-state index in [0.29, 0.717) is 22.4 Å². The normalized spacial score (nSPS) is 24.3. The molecule has 1 aromatic carbocycles. The summed E-state index contributed by atoms with van der Waals surface area (Å²) >= 11 is 1.87. The number of hydrogen-bond acceptors (Lipinski definition) is 6. The molecule has 7 heteroatoms. The average molecular weight is 346 g/mol. The fourth-order valence-corrected chi connectivity index (χ4v) is 4.78. The number of benzene rings is 1. The first-order chi connectivity index (χ1) is 11.5. The maximum absolute atomic E-state index is 11.3. The van der Waals surface area contributed by atoms with Crippen molar-refractivity contribution in [2.75, 3.05) is 37.3 Å². The van der Waals surface area contributed by atoms with E-state index in [1.54, 1.807) is 13.0 Å². The summed E-state index contributed by atoms with van der Waals surface area (Å²) in [5, 5.41) is 21.0. The predicted molar refractivity (Wildman–Crippen MR) is 96.7 cm³/mol. The van der Waals surface area contributed by atoms with Gasteiger partial charge in [-0.2, -0.15) is 17.0 Å². The van der Waals surface area contributed by atoms with E-state index in [2.05, 4.69) is 22.1 Å². The number of thioether (sulfide) groups is 1. The number of nitriles is 1. The van der Waals surface area contributed by atoms with Gasteiger partial charge in [-0.25, -0.2) is 0 Å². The van der Waals surface area contributed by atoms with Crippen molar-refractivity contribution >= 4 is 23.1 Å². The number of anilines is 1. The molecule has 0 amide bonds. The van der Waals surface area contributed by atoms with Crippen molar-refractivity contribution in [1.82, 2.24) is 4.90 Å². The Kier molecular flexibility index (Phi) is 4.97. The third-order valence-electron chi connectivity index (χ3n) is 5.17. The van der Waals surface area contributed by atoms with Crippen molar-refractivity contribution in [2.45, 2.75) is 31.1 Å². The van der Waals surface area contributed by atoms with Crippen LogP contribution >= 0.6 is 11.8 Å². The topological polar surface area (TPSA) is 73.4 Å². The van der Waals surface area contributed by atoms with E-state index in [4.69, 9.17) is 0 Å². The van der Waals surface area contributed by atoms with Crippen molar-refractivity contribution < 1.29 is 4.92 Å². The summed E-state index contributed by atoms with van der Waals surface area (Å²) in [4.78, 5) is 15.7. The van der Waals surface area contributed by atoms with Gasteiger partial charge in [-0.3, -0.25) is 15.0 Å². The molecule has 2 saturated heterocycles. The van der Waals surface area contributed by atoms with Crippen molar-refractivity contribution in [3.05, 3.63) is 33.4 Å². The quantitative estimate of drug-likeness (QED) is 0.616. The Balaban J connectivity index is 1.93. The molecule has 128 valence electrons. The van der Waals surface area contributed by atoms with Crippen LogP contribution in [0.5, 0.6) is 0 Å². The monoisotopic (exact) mass is 346 g/mol. The first-order valence-corrected chi connectivity index (χ1v) is 9.55. The summed E-state index contributed by atoms with van der Waals surface area (Å²) in [6, 6.07) is 5.71. The maximum Gasteiger partial charge on any atom is 0.275 e. The van der Waals surface area contributed by atoms with Crippen LogP contribution in [0, 0.1) is 28.4 Å². The Labute approximate surface area is 146 Å². The molecule has 0 N–H and O–H groups in total. The maximum atomic E-state index is 11.3. The van der Waals surface area contributed by atoms with Crippen LogP contribution in [0.3, 0.4) is 0 Å². The van der Waals surface area contributed by atoms with Crippen molar-refractivity contribution in [3.8, 4) is 6.07 Å². The van der Waals surface area contributed by atoms with Crippen LogP contribution in [0.4, 0.5) is 11.4 Å². The van der Waals surface area contributed by atoms with Gasteiger partial charge in [0.15, 0.2) is 0 Å². The molecule has 2 heterocycles. The summed E-state index contributed by atoms with van der Waals surface area (Å²) in [6.45, 7) is 5.82. The summed E-state index contributed by atoms with van der Waals surface area (Å²) < 4.78 is 0. The van der Waals surface area contributed by atoms with Crippen LogP contribution in [0.1, 0.15) is 24.0 Å². The highest BCUT2D eigenvalue weighted by Gasteiger charge is 2.38. The summed E-state index contributed by atoms with van der Waals surface area (Å²) in [5.41, 5.74) is 1.88. The number of hydrogen-bond donors (Lipinski definition) is 0. The fraction of sp³-hybridized carbons (Fsp3) is 0.588. The molecule has 1 aromatic rings. The Morgan fingerprint density at radius 3 is 2.62 bits per heavy atom. The second kappa shape index (κ2) is 6.99. The van der Waals surface area contributed by atoms with E-state index in [1.165, 1.54) is 18.9 Å². The Bertz CT molecular complexity index is 682. The number of nitro benzene ring substituents is 1. The van der Waals surface area contributed by atoms with E-state index in [1.807, 2.05) is 11.8 Å². The predicted octanol–water partition coefficient (Wildman–Crippen LogP) is 2.79. The molecule has 2 aliphatic heterocycles. The molecule has 0 bridgehead atoms. The van der Waals surface area contributed by atoms with Gasteiger partial charge in [-0.15, -0.1) is 0 Å². The lowest BCUT2D eigenvalue weighted by atomic mass is 10.1. The Hall–Kier alpha value is -1.78. The molecule has 2 fully saturated rings. The molecule has 0 aliphatic carbocycles. The van der Waals surface area contributed by atoms with Gasteiger partial charge in [0.2, 0.25) is 0 Å². The highest BCUT2D eigenvalue weighted by atomic mass is 32.2. The molecule has 0 saturated carbocycles. The van der Waals surface area contributed by atoms with Gasteiger partial charge in [0.25, 0.3) is 5.69 Å². The summed E-state index contributed by atoms with van der Waals surface area (Å²) in [7, 11) is 0. The van der Waals surface area contributed by atoms with Crippen LogP contribution in [0.15, 0.2) is 12.1 Å². The number of rotatable bonds is 4. The van der Waals surface area contributed by atoms with Crippen molar-refractivity contribution in [1.29, 1.82) is 5.26 Å².